The van der Waals surface area contributed by atoms with Crippen LogP contribution in [-0.2, 0) is 15.6 Å². The molecular formula is C16H22N4O3S. The average Bonchev–Trinajstić information content (AvgIpc) is 3.37. The standard InChI is InChI=1S/C16H22N4O3S/c21-15(12-2-1-9-24(23)10-12)19-7-5-13(6-8-19)20-16(22)17-14(18-20)11-3-4-11/h10-11,13H,1-9H2,(H,17,18,22). The topological polar surface area (TPSA) is 88.1 Å². The van der Waals surface area contributed by atoms with Crippen LogP contribution in [0.5, 0.6) is 0 Å². The quantitative estimate of drug-likeness (QED) is 0.882. The van der Waals surface area contributed by atoms with Crippen LogP contribution in [0.15, 0.2) is 15.8 Å². The molecule has 1 saturated carbocycles. The Balaban J connectivity index is 1.40. The molecule has 3 aliphatic rings. The highest BCUT2D eigenvalue weighted by atomic mass is 32.2. The highest BCUT2D eigenvalue weighted by Gasteiger charge is 2.31. The number of amides is 1. The summed E-state index contributed by atoms with van der Waals surface area (Å²) < 4.78 is 13.2. The highest BCUT2D eigenvalue weighted by Crippen LogP contribution is 2.37. The molecule has 3 heterocycles. The number of hydrogen-bond acceptors (Lipinski definition) is 4. The Morgan fingerprint density at radius 1 is 1.25 bits per heavy atom. The summed E-state index contributed by atoms with van der Waals surface area (Å²) in [5.74, 6) is 1.91. The zero-order valence-corrected chi connectivity index (χ0v) is 14.4. The van der Waals surface area contributed by atoms with Crippen LogP contribution in [0.2, 0.25) is 0 Å². The molecule has 4 rings (SSSR count). The number of rotatable bonds is 3. The van der Waals surface area contributed by atoms with Crippen LogP contribution in [0.1, 0.15) is 56.3 Å². The fourth-order valence-corrected chi connectivity index (χ4v) is 4.58. The normalized spacial score (nSPS) is 25.6. The predicted molar refractivity (Wildman–Crippen MR) is 90.0 cm³/mol. The molecule has 1 aromatic heterocycles. The molecule has 2 aliphatic heterocycles. The van der Waals surface area contributed by atoms with E-state index in [1.165, 1.54) is 0 Å². The largest absolute Gasteiger partial charge is 0.343 e. The fourth-order valence-electron chi connectivity index (χ4n) is 3.50. The number of likely N-dealkylation sites (tertiary alicyclic amines) is 1. The Hall–Kier alpha value is -1.70. The maximum atomic E-state index is 12.5. The number of aromatic amines is 1. The Morgan fingerprint density at radius 2 is 2.00 bits per heavy atom. The first-order valence-electron chi connectivity index (χ1n) is 8.67. The maximum Gasteiger partial charge on any atom is 0.343 e. The molecule has 24 heavy (non-hydrogen) atoms. The van der Waals surface area contributed by atoms with Crippen molar-refractivity contribution in [2.75, 3.05) is 18.8 Å². The van der Waals surface area contributed by atoms with Gasteiger partial charge in [0.25, 0.3) is 0 Å². The first kappa shape index (κ1) is 15.8. The van der Waals surface area contributed by atoms with E-state index < -0.39 is 10.8 Å². The molecule has 8 heteroatoms. The van der Waals surface area contributed by atoms with Crippen LogP contribution >= 0.6 is 0 Å². The number of H-pyrrole nitrogens is 1. The molecule has 130 valence electrons. The summed E-state index contributed by atoms with van der Waals surface area (Å²) in [6, 6.07) is 0.0553. The summed E-state index contributed by atoms with van der Waals surface area (Å²) in [5, 5.41) is 6.08. The van der Waals surface area contributed by atoms with Gasteiger partial charge in [-0.3, -0.25) is 14.0 Å². The van der Waals surface area contributed by atoms with Crippen molar-refractivity contribution in [3.8, 4) is 0 Å². The first-order chi connectivity index (χ1) is 11.6. The average molecular weight is 350 g/mol. The summed E-state index contributed by atoms with van der Waals surface area (Å²) in [4.78, 5) is 29.3. The minimum absolute atomic E-state index is 0.00884. The third-order valence-corrected chi connectivity index (χ3v) is 6.30. The number of hydrogen-bond donors (Lipinski definition) is 1. The molecular weight excluding hydrogens is 328 g/mol. The number of nitrogens with zero attached hydrogens (tertiary/aromatic N) is 3. The molecule has 1 saturated heterocycles. The van der Waals surface area contributed by atoms with Crippen molar-refractivity contribution in [3.63, 3.8) is 0 Å². The summed E-state index contributed by atoms with van der Waals surface area (Å²) in [6.45, 7) is 1.23. The van der Waals surface area contributed by atoms with E-state index in [1.54, 1.807) is 10.1 Å². The second-order valence-electron chi connectivity index (χ2n) is 6.89. The third kappa shape index (κ3) is 3.11. The van der Waals surface area contributed by atoms with Gasteiger partial charge >= 0.3 is 5.69 Å². The van der Waals surface area contributed by atoms with Crippen molar-refractivity contribution in [1.82, 2.24) is 19.7 Å². The molecule has 1 aliphatic carbocycles. The predicted octanol–water partition coefficient (Wildman–Crippen LogP) is 1.04. The summed E-state index contributed by atoms with van der Waals surface area (Å²) in [5.41, 5.74) is 0.554. The Morgan fingerprint density at radius 3 is 2.67 bits per heavy atom. The number of carbonyl (C=O) groups excluding carboxylic acids is 1. The van der Waals surface area contributed by atoms with Crippen LogP contribution in [0, 0.1) is 0 Å². The van der Waals surface area contributed by atoms with Gasteiger partial charge in [-0.2, -0.15) is 5.10 Å². The smallest absolute Gasteiger partial charge is 0.339 e. The molecule has 1 N–H and O–H groups in total. The summed E-state index contributed by atoms with van der Waals surface area (Å²) in [7, 11) is -1.00. The van der Waals surface area contributed by atoms with Gasteiger partial charge in [0.1, 0.15) is 5.82 Å². The number of carbonyl (C=O) groups is 1. The van der Waals surface area contributed by atoms with Crippen LogP contribution in [-0.4, -0.2) is 48.6 Å². The number of piperidine rings is 1. The monoisotopic (exact) mass is 350 g/mol. The molecule has 1 atom stereocenters. The second kappa shape index (κ2) is 6.31. The molecule has 1 amide bonds. The Bertz CT molecular complexity index is 754. The van der Waals surface area contributed by atoms with Gasteiger partial charge in [-0.1, -0.05) is 0 Å². The van der Waals surface area contributed by atoms with Gasteiger partial charge in [0, 0.05) is 46.5 Å². The summed E-state index contributed by atoms with van der Waals surface area (Å²) >= 11 is 0. The van der Waals surface area contributed by atoms with E-state index in [9.17, 15) is 13.8 Å². The van der Waals surface area contributed by atoms with Gasteiger partial charge in [0.05, 0.1) is 6.04 Å². The molecule has 0 spiro atoms. The summed E-state index contributed by atoms with van der Waals surface area (Å²) in [6.07, 6.45) is 5.21. The lowest BCUT2D eigenvalue weighted by molar-refractivity contribution is -0.128. The zero-order valence-electron chi connectivity index (χ0n) is 13.6. The van der Waals surface area contributed by atoms with Gasteiger partial charge in [-0.25, -0.2) is 9.48 Å². The van der Waals surface area contributed by atoms with Gasteiger partial charge in [-0.05, 0) is 38.5 Å². The van der Waals surface area contributed by atoms with Crippen LogP contribution < -0.4 is 5.69 Å². The lowest BCUT2D eigenvalue weighted by Crippen LogP contribution is -2.41. The van der Waals surface area contributed by atoms with Crippen molar-refractivity contribution >= 4 is 16.7 Å². The molecule has 1 unspecified atom stereocenters. The molecule has 0 aromatic carbocycles. The van der Waals surface area contributed by atoms with Crippen LogP contribution in [0.4, 0.5) is 0 Å². The van der Waals surface area contributed by atoms with E-state index in [4.69, 9.17) is 0 Å². The Labute approximate surface area is 142 Å². The van der Waals surface area contributed by atoms with Crippen LogP contribution in [0.25, 0.3) is 0 Å². The lowest BCUT2D eigenvalue weighted by Gasteiger charge is -2.32. The molecule has 7 nitrogen and oxygen atoms in total. The minimum Gasteiger partial charge on any atom is -0.339 e. The van der Waals surface area contributed by atoms with Crippen molar-refractivity contribution in [2.24, 2.45) is 0 Å². The second-order valence-corrected chi connectivity index (χ2v) is 8.29. The van der Waals surface area contributed by atoms with E-state index in [1.807, 2.05) is 4.90 Å². The minimum atomic E-state index is -1.00. The van der Waals surface area contributed by atoms with E-state index in [-0.39, 0.29) is 17.6 Å². The van der Waals surface area contributed by atoms with E-state index >= 15 is 0 Å². The van der Waals surface area contributed by atoms with Crippen molar-refractivity contribution in [2.45, 2.75) is 50.5 Å². The van der Waals surface area contributed by atoms with E-state index in [0.29, 0.717) is 36.8 Å². The first-order valence-corrected chi connectivity index (χ1v) is 10.1. The molecule has 0 radical (unpaired) electrons. The van der Waals surface area contributed by atoms with E-state index in [2.05, 4.69) is 10.1 Å². The van der Waals surface area contributed by atoms with Crippen molar-refractivity contribution in [1.29, 1.82) is 0 Å². The van der Waals surface area contributed by atoms with Gasteiger partial charge in [-0.15, -0.1) is 0 Å². The third-order valence-electron chi connectivity index (χ3n) is 5.06. The van der Waals surface area contributed by atoms with Gasteiger partial charge in [0.2, 0.25) is 5.91 Å². The van der Waals surface area contributed by atoms with Crippen molar-refractivity contribution < 1.29 is 9.00 Å². The Kier molecular flexibility index (Phi) is 4.15. The SMILES string of the molecule is O=C(C1=CS(=O)CCC1)N1CCC(n2nc(C3CC3)[nH]c2=O)CC1. The van der Waals surface area contributed by atoms with Crippen LogP contribution in [0.3, 0.4) is 0 Å². The van der Waals surface area contributed by atoms with Gasteiger partial charge in [0.15, 0.2) is 0 Å². The fraction of sp³-hybridized carbons (Fsp3) is 0.688. The zero-order chi connectivity index (χ0) is 16.7. The van der Waals surface area contributed by atoms with Gasteiger partial charge < -0.3 is 4.90 Å². The molecule has 1 aromatic rings. The number of nitrogens with one attached hydrogen (secondary N) is 1. The van der Waals surface area contributed by atoms with Crippen molar-refractivity contribution in [3.05, 3.63) is 27.3 Å². The van der Waals surface area contributed by atoms with E-state index in [0.717, 1.165) is 37.9 Å². The molecule has 0 bridgehead atoms. The highest BCUT2D eigenvalue weighted by molar-refractivity contribution is 7.88. The lowest BCUT2D eigenvalue weighted by atomic mass is 10.0. The molecule has 2 fully saturated rings. The maximum absolute atomic E-state index is 12.5. The number of aromatic nitrogens is 3.